The molecule has 0 aliphatic carbocycles. The number of hydrogen-bond acceptors (Lipinski definition) is 7. The highest BCUT2D eigenvalue weighted by molar-refractivity contribution is 6.08. The summed E-state index contributed by atoms with van der Waals surface area (Å²) in [6.07, 6.45) is 0. The second kappa shape index (κ2) is 7.85. The van der Waals surface area contributed by atoms with Gasteiger partial charge in [-0.15, -0.1) is 0 Å². The molecular weight excluding hydrogens is 358 g/mol. The smallest absolute Gasteiger partial charge is 0.337 e. The van der Waals surface area contributed by atoms with Crippen molar-refractivity contribution < 1.29 is 33.4 Å². The van der Waals surface area contributed by atoms with Crippen molar-refractivity contribution in [1.82, 2.24) is 10.2 Å². The summed E-state index contributed by atoms with van der Waals surface area (Å²) in [5.41, 5.74) is -0.386. The Morgan fingerprint density at radius 1 is 1.15 bits per heavy atom. The highest BCUT2D eigenvalue weighted by atomic mass is 16.5. The van der Waals surface area contributed by atoms with Crippen LogP contribution in [-0.2, 0) is 23.9 Å². The van der Waals surface area contributed by atoms with E-state index < -0.39 is 48.5 Å². The molecule has 0 radical (unpaired) electrons. The van der Waals surface area contributed by atoms with Gasteiger partial charge in [0.15, 0.2) is 6.61 Å². The molecule has 0 aromatic heterocycles. The summed E-state index contributed by atoms with van der Waals surface area (Å²) in [5, 5.41) is 4.91. The molecule has 1 fully saturated rings. The number of nitrogens with one attached hydrogen (secondary N) is 2. The van der Waals surface area contributed by atoms with E-state index in [1.807, 2.05) is 0 Å². The molecule has 10 heteroatoms. The predicted molar refractivity (Wildman–Crippen MR) is 91.7 cm³/mol. The molecule has 1 aromatic carbocycles. The average molecular weight is 377 g/mol. The molecule has 0 unspecified atom stereocenters. The zero-order chi connectivity index (χ0) is 20.2. The van der Waals surface area contributed by atoms with Crippen LogP contribution in [0.15, 0.2) is 24.3 Å². The standard InChI is InChI=1S/C17H19N3O7/c1-17(2)15(24)20(16(25)19-17)8-13(22)27-9-12(21)18-11-6-4-10(5-7-11)14(23)26-3/h4-7H,8-9H2,1-3H3,(H,18,21)(H,19,25). The highest BCUT2D eigenvalue weighted by Gasteiger charge is 2.45. The van der Waals surface area contributed by atoms with E-state index in [1.165, 1.54) is 45.2 Å². The van der Waals surface area contributed by atoms with Crippen LogP contribution in [0, 0.1) is 0 Å². The number of anilines is 1. The third kappa shape index (κ3) is 4.81. The minimum absolute atomic E-state index is 0.318. The summed E-state index contributed by atoms with van der Waals surface area (Å²) < 4.78 is 9.35. The van der Waals surface area contributed by atoms with Crippen molar-refractivity contribution >= 4 is 35.5 Å². The number of methoxy groups -OCH3 is 1. The molecule has 0 saturated carbocycles. The summed E-state index contributed by atoms with van der Waals surface area (Å²) in [7, 11) is 1.26. The quantitative estimate of drug-likeness (QED) is 0.538. The average Bonchev–Trinajstić information content (AvgIpc) is 2.81. The van der Waals surface area contributed by atoms with E-state index in [2.05, 4.69) is 15.4 Å². The minimum Gasteiger partial charge on any atom is -0.465 e. The maximum Gasteiger partial charge on any atom is 0.337 e. The summed E-state index contributed by atoms with van der Waals surface area (Å²) in [6, 6.07) is 5.21. The minimum atomic E-state index is -1.09. The first-order valence-electron chi connectivity index (χ1n) is 7.92. The molecule has 0 spiro atoms. The van der Waals surface area contributed by atoms with Gasteiger partial charge in [-0.25, -0.2) is 9.59 Å². The maximum absolute atomic E-state index is 12.0. The van der Waals surface area contributed by atoms with Crippen molar-refractivity contribution in [2.75, 3.05) is 25.6 Å². The molecule has 1 aliphatic rings. The van der Waals surface area contributed by atoms with Gasteiger partial charge in [-0.05, 0) is 38.1 Å². The van der Waals surface area contributed by atoms with Gasteiger partial charge < -0.3 is 20.1 Å². The summed E-state index contributed by atoms with van der Waals surface area (Å²) >= 11 is 0. The fourth-order valence-corrected chi connectivity index (χ4v) is 2.29. The molecule has 2 N–H and O–H groups in total. The van der Waals surface area contributed by atoms with Gasteiger partial charge in [0, 0.05) is 5.69 Å². The van der Waals surface area contributed by atoms with Crippen LogP contribution >= 0.6 is 0 Å². The lowest BCUT2D eigenvalue weighted by atomic mass is 10.1. The lowest BCUT2D eigenvalue weighted by molar-refractivity contribution is -0.150. The number of esters is 2. The molecule has 2 rings (SSSR count). The number of hydrogen-bond donors (Lipinski definition) is 2. The number of carbonyl (C=O) groups is 5. The largest absolute Gasteiger partial charge is 0.465 e. The monoisotopic (exact) mass is 377 g/mol. The first-order valence-corrected chi connectivity index (χ1v) is 7.92. The lowest BCUT2D eigenvalue weighted by Gasteiger charge is -2.15. The van der Waals surface area contributed by atoms with Crippen LogP contribution in [0.3, 0.4) is 0 Å². The summed E-state index contributed by atoms with van der Waals surface area (Å²) in [5.74, 6) is -2.58. The Hall–Kier alpha value is -3.43. The molecule has 0 atom stereocenters. The van der Waals surface area contributed by atoms with Crippen LogP contribution in [0.5, 0.6) is 0 Å². The van der Waals surface area contributed by atoms with Crippen molar-refractivity contribution in [3.63, 3.8) is 0 Å². The second-order valence-electron chi connectivity index (χ2n) is 6.22. The van der Waals surface area contributed by atoms with Gasteiger partial charge in [-0.1, -0.05) is 0 Å². The van der Waals surface area contributed by atoms with E-state index in [-0.39, 0.29) is 0 Å². The molecule has 27 heavy (non-hydrogen) atoms. The van der Waals surface area contributed by atoms with Crippen LogP contribution in [0.1, 0.15) is 24.2 Å². The molecule has 0 bridgehead atoms. The fraction of sp³-hybridized carbons (Fsp3) is 0.353. The SMILES string of the molecule is COC(=O)c1ccc(NC(=O)COC(=O)CN2C(=O)NC(C)(C)C2=O)cc1. The number of rotatable bonds is 6. The zero-order valence-electron chi connectivity index (χ0n) is 15.0. The number of urea groups is 1. The number of benzene rings is 1. The van der Waals surface area contributed by atoms with Crippen molar-refractivity contribution in [2.45, 2.75) is 19.4 Å². The number of nitrogens with zero attached hydrogens (tertiary/aromatic N) is 1. The van der Waals surface area contributed by atoms with Gasteiger partial charge in [0.1, 0.15) is 12.1 Å². The van der Waals surface area contributed by atoms with Gasteiger partial charge in [0.2, 0.25) is 0 Å². The van der Waals surface area contributed by atoms with E-state index in [1.54, 1.807) is 0 Å². The Morgan fingerprint density at radius 3 is 2.30 bits per heavy atom. The highest BCUT2D eigenvalue weighted by Crippen LogP contribution is 2.16. The Labute approximate surface area is 154 Å². The summed E-state index contributed by atoms with van der Waals surface area (Å²) in [4.78, 5) is 59.3. The number of carbonyl (C=O) groups excluding carboxylic acids is 5. The van der Waals surface area contributed by atoms with Crippen LogP contribution in [-0.4, -0.2) is 60.5 Å². The Morgan fingerprint density at radius 2 is 1.78 bits per heavy atom. The van der Waals surface area contributed by atoms with Crippen molar-refractivity contribution in [1.29, 1.82) is 0 Å². The number of ether oxygens (including phenoxy) is 2. The van der Waals surface area contributed by atoms with E-state index in [9.17, 15) is 24.0 Å². The second-order valence-corrected chi connectivity index (χ2v) is 6.22. The predicted octanol–water partition coefficient (Wildman–Crippen LogP) is 0.285. The molecule has 1 saturated heterocycles. The molecule has 4 amide bonds. The van der Waals surface area contributed by atoms with Gasteiger partial charge in [0.05, 0.1) is 12.7 Å². The van der Waals surface area contributed by atoms with Gasteiger partial charge >= 0.3 is 18.0 Å². The van der Waals surface area contributed by atoms with Crippen molar-refractivity contribution in [2.24, 2.45) is 0 Å². The molecule has 144 valence electrons. The fourth-order valence-electron chi connectivity index (χ4n) is 2.29. The van der Waals surface area contributed by atoms with Crippen LogP contribution < -0.4 is 10.6 Å². The van der Waals surface area contributed by atoms with Crippen LogP contribution in [0.4, 0.5) is 10.5 Å². The maximum atomic E-state index is 12.0. The molecule has 1 heterocycles. The van der Waals surface area contributed by atoms with Crippen molar-refractivity contribution in [3.8, 4) is 0 Å². The molecule has 1 aromatic rings. The summed E-state index contributed by atoms with van der Waals surface area (Å²) in [6.45, 7) is 1.84. The molecule has 1 aliphatic heterocycles. The van der Waals surface area contributed by atoms with Gasteiger partial charge in [-0.3, -0.25) is 19.3 Å². The Bertz CT molecular complexity index is 786. The van der Waals surface area contributed by atoms with Crippen LogP contribution in [0.2, 0.25) is 0 Å². The first-order chi connectivity index (χ1) is 12.6. The van der Waals surface area contributed by atoms with E-state index in [0.29, 0.717) is 11.3 Å². The van der Waals surface area contributed by atoms with E-state index in [0.717, 1.165) is 4.90 Å². The Balaban J connectivity index is 1.81. The van der Waals surface area contributed by atoms with E-state index in [4.69, 9.17) is 4.74 Å². The molecule has 10 nitrogen and oxygen atoms in total. The third-order valence-corrected chi connectivity index (χ3v) is 3.69. The van der Waals surface area contributed by atoms with Gasteiger partial charge in [0.25, 0.3) is 11.8 Å². The van der Waals surface area contributed by atoms with E-state index >= 15 is 0 Å². The normalized spacial score (nSPS) is 15.1. The van der Waals surface area contributed by atoms with Crippen molar-refractivity contribution in [3.05, 3.63) is 29.8 Å². The topological polar surface area (TPSA) is 131 Å². The first kappa shape index (κ1) is 19.9. The number of imide groups is 1. The third-order valence-electron chi connectivity index (χ3n) is 3.69. The Kier molecular flexibility index (Phi) is 5.78. The zero-order valence-corrected chi connectivity index (χ0v) is 15.0. The number of amides is 4. The lowest BCUT2D eigenvalue weighted by Crippen LogP contribution is -2.41. The molecular formula is C17H19N3O7. The van der Waals surface area contributed by atoms with Gasteiger partial charge in [-0.2, -0.15) is 0 Å². The van der Waals surface area contributed by atoms with Crippen LogP contribution in [0.25, 0.3) is 0 Å².